The van der Waals surface area contributed by atoms with Crippen molar-refractivity contribution in [2.75, 3.05) is 19.8 Å². The highest BCUT2D eigenvalue weighted by Crippen LogP contribution is 2.35. The first-order valence-corrected chi connectivity index (χ1v) is 11.6. The van der Waals surface area contributed by atoms with Crippen LogP contribution in [0.2, 0.25) is 0 Å². The minimum Gasteiger partial charge on any atom is -0.463 e. The predicted octanol–water partition coefficient (Wildman–Crippen LogP) is 1.74. The fourth-order valence-electron chi connectivity index (χ4n) is 4.59. The Kier molecular flexibility index (Phi) is 7.28. The molecule has 0 aromatic heterocycles. The van der Waals surface area contributed by atoms with E-state index < -0.39 is 24.0 Å². The van der Waals surface area contributed by atoms with E-state index in [2.05, 4.69) is 10.6 Å². The van der Waals surface area contributed by atoms with Crippen molar-refractivity contribution in [2.45, 2.75) is 32.2 Å². The van der Waals surface area contributed by atoms with E-state index in [0.717, 1.165) is 4.90 Å². The Balaban J connectivity index is 1.43. The highest BCUT2D eigenvalue weighted by atomic mass is 16.5. The van der Waals surface area contributed by atoms with Crippen molar-refractivity contribution < 1.29 is 33.4 Å². The van der Waals surface area contributed by atoms with Gasteiger partial charge in [-0.15, -0.1) is 0 Å². The third-order valence-electron chi connectivity index (χ3n) is 6.30. The summed E-state index contributed by atoms with van der Waals surface area (Å²) in [6.07, 6.45) is 4.65. The molecule has 2 N–H and O–H groups in total. The molecule has 1 aromatic carbocycles. The van der Waals surface area contributed by atoms with Gasteiger partial charge in [-0.2, -0.15) is 0 Å². The molecule has 1 saturated heterocycles. The number of rotatable bonds is 8. The SMILES string of the molecule is CCOC(=O)C1=C(COC(=O)CCN2C(=O)C3CC=CCC3C2=O)NC(=O)NC1c1ccccc1. The molecule has 3 atom stereocenters. The molecule has 2 aliphatic heterocycles. The average Bonchev–Trinajstić information content (AvgIpc) is 3.11. The second kappa shape index (κ2) is 10.5. The maximum Gasteiger partial charge on any atom is 0.338 e. The van der Waals surface area contributed by atoms with Crippen LogP contribution in [0.1, 0.15) is 37.8 Å². The third kappa shape index (κ3) is 5.11. The van der Waals surface area contributed by atoms with Crippen LogP contribution in [0.25, 0.3) is 0 Å². The van der Waals surface area contributed by atoms with E-state index in [1.165, 1.54) is 0 Å². The molecule has 4 amide bonds. The Bertz CT molecular complexity index is 1070. The summed E-state index contributed by atoms with van der Waals surface area (Å²) in [7, 11) is 0. The number of nitrogens with zero attached hydrogens (tertiary/aromatic N) is 1. The number of benzene rings is 1. The summed E-state index contributed by atoms with van der Waals surface area (Å²) in [6, 6.07) is 7.55. The smallest absolute Gasteiger partial charge is 0.338 e. The molecule has 0 radical (unpaired) electrons. The van der Waals surface area contributed by atoms with Gasteiger partial charge < -0.3 is 20.1 Å². The molecule has 0 spiro atoms. The number of urea groups is 1. The molecule has 4 rings (SSSR count). The summed E-state index contributed by atoms with van der Waals surface area (Å²) >= 11 is 0. The van der Waals surface area contributed by atoms with E-state index in [-0.39, 0.29) is 61.1 Å². The van der Waals surface area contributed by atoms with Crippen LogP contribution in [0.3, 0.4) is 0 Å². The summed E-state index contributed by atoms with van der Waals surface area (Å²) in [5, 5.41) is 5.23. The molecule has 184 valence electrons. The van der Waals surface area contributed by atoms with Gasteiger partial charge in [0, 0.05) is 6.54 Å². The average molecular weight is 482 g/mol. The zero-order chi connectivity index (χ0) is 24.9. The van der Waals surface area contributed by atoms with Crippen LogP contribution >= 0.6 is 0 Å². The van der Waals surface area contributed by atoms with Gasteiger partial charge in [0.25, 0.3) is 0 Å². The highest BCUT2D eigenvalue weighted by Gasteiger charge is 2.47. The summed E-state index contributed by atoms with van der Waals surface area (Å²) in [4.78, 5) is 63.7. The third-order valence-corrected chi connectivity index (χ3v) is 6.30. The van der Waals surface area contributed by atoms with Crippen molar-refractivity contribution in [1.29, 1.82) is 0 Å². The van der Waals surface area contributed by atoms with Gasteiger partial charge in [-0.05, 0) is 25.3 Å². The molecule has 3 aliphatic rings. The first-order chi connectivity index (χ1) is 16.9. The highest BCUT2D eigenvalue weighted by molar-refractivity contribution is 6.05. The normalized spacial score (nSPS) is 23.5. The van der Waals surface area contributed by atoms with E-state index in [9.17, 15) is 24.0 Å². The Labute approximate surface area is 202 Å². The molecule has 0 saturated carbocycles. The molecule has 1 fully saturated rings. The quantitative estimate of drug-likeness (QED) is 0.328. The standard InChI is InChI=1S/C25H27N3O7/c1-2-34-24(32)20-18(26-25(33)27-21(20)15-8-4-3-5-9-15)14-35-19(29)12-13-28-22(30)16-10-6-7-11-17(16)23(28)31/h3-9,16-17,21H,2,10-14H2,1H3,(H2,26,27,33). The lowest BCUT2D eigenvalue weighted by Crippen LogP contribution is -2.47. The van der Waals surface area contributed by atoms with Gasteiger partial charge in [-0.25, -0.2) is 9.59 Å². The van der Waals surface area contributed by atoms with E-state index in [0.29, 0.717) is 18.4 Å². The Morgan fingerprint density at radius 2 is 1.66 bits per heavy atom. The minimum absolute atomic E-state index is 0.0756. The van der Waals surface area contributed by atoms with Crippen LogP contribution in [-0.2, 0) is 28.7 Å². The lowest BCUT2D eigenvalue weighted by Gasteiger charge is -2.29. The molecule has 1 aromatic rings. The number of likely N-dealkylation sites (tertiary alicyclic amines) is 1. The van der Waals surface area contributed by atoms with E-state index in [1.54, 1.807) is 31.2 Å². The number of fused-ring (bicyclic) bond motifs is 1. The molecule has 10 heteroatoms. The van der Waals surface area contributed by atoms with E-state index >= 15 is 0 Å². The largest absolute Gasteiger partial charge is 0.463 e. The molecule has 1 aliphatic carbocycles. The van der Waals surface area contributed by atoms with Gasteiger partial charge in [0.1, 0.15) is 6.61 Å². The molecule has 0 bridgehead atoms. The van der Waals surface area contributed by atoms with Crippen LogP contribution in [0, 0.1) is 11.8 Å². The Hall–Kier alpha value is -3.95. The summed E-state index contributed by atoms with van der Waals surface area (Å²) in [6.45, 7) is 1.34. The maximum absolute atomic E-state index is 12.7. The molecule has 3 unspecified atom stereocenters. The maximum atomic E-state index is 12.7. The number of ether oxygens (including phenoxy) is 2. The summed E-state index contributed by atoms with van der Waals surface area (Å²) < 4.78 is 10.5. The van der Waals surface area contributed by atoms with Crippen molar-refractivity contribution in [1.82, 2.24) is 15.5 Å². The number of allylic oxidation sites excluding steroid dienone is 2. The van der Waals surface area contributed by atoms with Crippen LogP contribution in [0.4, 0.5) is 4.79 Å². The molecule has 35 heavy (non-hydrogen) atoms. The van der Waals surface area contributed by atoms with Crippen molar-refractivity contribution in [2.24, 2.45) is 11.8 Å². The topological polar surface area (TPSA) is 131 Å². The monoisotopic (exact) mass is 481 g/mol. The van der Waals surface area contributed by atoms with Crippen molar-refractivity contribution in [3.8, 4) is 0 Å². The summed E-state index contributed by atoms with van der Waals surface area (Å²) in [5.74, 6) is -2.56. The molecular formula is C25H27N3O7. The Morgan fingerprint density at radius 3 is 2.29 bits per heavy atom. The predicted molar refractivity (Wildman–Crippen MR) is 122 cm³/mol. The fraction of sp³-hybridized carbons (Fsp3) is 0.400. The van der Waals surface area contributed by atoms with Gasteiger partial charge in [-0.3, -0.25) is 19.3 Å². The first-order valence-electron chi connectivity index (χ1n) is 11.6. The second-order valence-electron chi connectivity index (χ2n) is 8.45. The van der Waals surface area contributed by atoms with Crippen molar-refractivity contribution >= 4 is 29.8 Å². The number of carbonyl (C=O) groups excluding carboxylic acids is 5. The van der Waals surface area contributed by atoms with Crippen LogP contribution in [-0.4, -0.2) is 54.4 Å². The number of amides is 4. The number of imide groups is 1. The van der Waals surface area contributed by atoms with Crippen LogP contribution < -0.4 is 10.6 Å². The van der Waals surface area contributed by atoms with E-state index in [1.807, 2.05) is 18.2 Å². The van der Waals surface area contributed by atoms with E-state index in [4.69, 9.17) is 9.47 Å². The molecule has 10 nitrogen and oxygen atoms in total. The summed E-state index contributed by atoms with van der Waals surface area (Å²) in [5.41, 5.74) is 0.906. The Morgan fingerprint density at radius 1 is 1.00 bits per heavy atom. The molecular weight excluding hydrogens is 454 g/mol. The zero-order valence-electron chi connectivity index (χ0n) is 19.3. The zero-order valence-corrected chi connectivity index (χ0v) is 19.3. The van der Waals surface area contributed by atoms with Crippen molar-refractivity contribution in [3.05, 3.63) is 59.3 Å². The van der Waals surface area contributed by atoms with Crippen molar-refractivity contribution in [3.63, 3.8) is 0 Å². The van der Waals surface area contributed by atoms with Gasteiger partial charge >= 0.3 is 18.0 Å². The number of hydrogen-bond acceptors (Lipinski definition) is 7. The van der Waals surface area contributed by atoms with Gasteiger partial charge in [0.15, 0.2) is 0 Å². The lowest BCUT2D eigenvalue weighted by molar-refractivity contribution is -0.146. The number of nitrogens with one attached hydrogen (secondary N) is 2. The minimum atomic E-state index is -0.783. The van der Waals surface area contributed by atoms with Crippen LogP contribution in [0.15, 0.2) is 53.8 Å². The number of hydrogen-bond donors (Lipinski definition) is 2. The first kappa shape index (κ1) is 24.2. The lowest BCUT2D eigenvalue weighted by atomic mass is 9.85. The number of carbonyl (C=O) groups is 5. The second-order valence-corrected chi connectivity index (χ2v) is 8.45. The number of esters is 2. The molecule has 2 heterocycles. The van der Waals surface area contributed by atoms with Gasteiger partial charge in [0.2, 0.25) is 11.8 Å². The fourth-order valence-corrected chi connectivity index (χ4v) is 4.59. The van der Waals surface area contributed by atoms with Gasteiger partial charge in [0.05, 0.1) is 42.2 Å². The van der Waals surface area contributed by atoms with Crippen LogP contribution in [0.5, 0.6) is 0 Å². The van der Waals surface area contributed by atoms with Gasteiger partial charge in [-0.1, -0.05) is 42.5 Å².